The van der Waals surface area contributed by atoms with Gasteiger partial charge in [-0.2, -0.15) is 4.98 Å². The van der Waals surface area contributed by atoms with Crippen LogP contribution in [0.15, 0.2) is 60.9 Å². The third-order valence-electron chi connectivity index (χ3n) is 3.08. The van der Waals surface area contributed by atoms with E-state index in [1.807, 2.05) is 61.7 Å². The Morgan fingerprint density at radius 1 is 1.00 bits per heavy atom. The second-order valence-corrected chi connectivity index (χ2v) is 4.92. The van der Waals surface area contributed by atoms with Gasteiger partial charge in [-0.25, -0.2) is 4.98 Å². The molecule has 0 amide bonds. The quantitative estimate of drug-likeness (QED) is 0.753. The number of nitrogens with zero attached hydrogens (tertiary/aromatic N) is 3. The van der Waals surface area contributed by atoms with Crippen LogP contribution in [0, 0.1) is 6.92 Å². The Labute approximate surface area is 129 Å². The summed E-state index contributed by atoms with van der Waals surface area (Å²) in [6.45, 7) is 2.63. The van der Waals surface area contributed by atoms with Crippen molar-refractivity contribution in [2.75, 3.05) is 10.6 Å². The summed E-state index contributed by atoms with van der Waals surface area (Å²) in [4.78, 5) is 13.0. The van der Waals surface area contributed by atoms with Crippen LogP contribution in [0.5, 0.6) is 0 Å². The molecule has 0 radical (unpaired) electrons. The number of para-hydroxylation sites is 1. The Hall–Kier alpha value is -2.95. The Kier molecular flexibility index (Phi) is 4.25. The van der Waals surface area contributed by atoms with E-state index in [9.17, 15) is 0 Å². The van der Waals surface area contributed by atoms with E-state index >= 15 is 0 Å². The second-order valence-electron chi connectivity index (χ2n) is 4.92. The summed E-state index contributed by atoms with van der Waals surface area (Å²) in [5.74, 6) is 1.37. The molecular weight excluding hydrogens is 274 g/mol. The van der Waals surface area contributed by atoms with Crippen molar-refractivity contribution in [2.24, 2.45) is 0 Å². The number of hydrogen-bond acceptors (Lipinski definition) is 5. The number of hydrogen-bond donors (Lipinski definition) is 2. The van der Waals surface area contributed by atoms with E-state index in [4.69, 9.17) is 0 Å². The first kappa shape index (κ1) is 14.0. The van der Waals surface area contributed by atoms with Crippen LogP contribution in [-0.4, -0.2) is 15.0 Å². The summed E-state index contributed by atoms with van der Waals surface area (Å²) >= 11 is 0. The molecule has 0 aliphatic heterocycles. The van der Waals surface area contributed by atoms with E-state index in [1.165, 1.54) is 0 Å². The van der Waals surface area contributed by atoms with E-state index in [0.717, 1.165) is 22.8 Å². The van der Waals surface area contributed by atoms with E-state index in [1.54, 1.807) is 6.20 Å². The molecule has 0 saturated heterocycles. The lowest BCUT2D eigenvalue weighted by atomic mass is 10.3. The van der Waals surface area contributed by atoms with Crippen LogP contribution in [0.4, 0.5) is 17.5 Å². The largest absolute Gasteiger partial charge is 0.366 e. The lowest BCUT2D eigenvalue weighted by Crippen LogP contribution is -2.05. The molecule has 0 atom stereocenters. The zero-order valence-corrected chi connectivity index (χ0v) is 12.3. The molecule has 0 fully saturated rings. The summed E-state index contributed by atoms with van der Waals surface area (Å²) < 4.78 is 0. The minimum atomic E-state index is 0.583. The predicted octanol–water partition coefficient (Wildman–Crippen LogP) is 3.54. The van der Waals surface area contributed by atoms with Gasteiger partial charge in [-0.15, -0.1) is 0 Å². The van der Waals surface area contributed by atoms with Crippen molar-refractivity contribution in [3.63, 3.8) is 0 Å². The maximum Gasteiger partial charge on any atom is 0.229 e. The third kappa shape index (κ3) is 3.79. The van der Waals surface area contributed by atoms with Crippen molar-refractivity contribution in [2.45, 2.75) is 13.5 Å². The zero-order valence-electron chi connectivity index (χ0n) is 12.3. The first-order chi connectivity index (χ1) is 10.8. The van der Waals surface area contributed by atoms with Crippen molar-refractivity contribution < 1.29 is 0 Å². The van der Waals surface area contributed by atoms with Crippen molar-refractivity contribution in [1.82, 2.24) is 15.0 Å². The monoisotopic (exact) mass is 291 g/mol. The van der Waals surface area contributed by atoms with Crippen molar-refractivity contribution >= 4 is 17.5 Å². The lowest BCUT2D eigenvalue weighted by molar-refractivity contribution is 1.05. The molecule has 1 aromatic carbocycles. The van der Waals surface area contributed by atoms with Gasteiger partial charge < -0.3 is 10.6 Å². The second kappa shape index (κ2) is 6.67. The van der Waals surface area contributed by atoms with Crippen molar-refractivity contribution in [1.29, 1.82) is 0 Å². The lowest BCUT2D eigenvalue weighted by Gasteiger charge is -2.10. The Morgan fingerprint density at radius 2 is 1.86 bits per heavy atom. The van der Waals surface area contributed by atoms with Gasteiger partial charge in [-0.3, -0.25) is 4.98 Å². The fourth-order valence-electron chi connectivity index (χ4n) is 2.06. The molecule has 0 aliphatic carbocycles. The number of rotatable bonds is 5. The van der Waals surface area contributed by atoms with E-state index < -0.39 is 0 Å². The number of nitrogens with one attached hydrogen (secondary N) is 2. The van der Waals surface area contributed by atoms with Crippen molar-refractivity contribution in [3.8, 4) is 0 Å². The zero-order chi connectivity index (χ0) is 15.2. The van der Waals surface area contributed by atoms with Gasteiger partial charge in [0.25, 0.3) is 0 Å². The molecule has 3 aromatic rings. The highest BCUT2D eigenvalue weighted by Gasteiger charge is 2.03. The first-order valence-electron chi connectivity index (χ1n) is 7.10. The number of anilines is 3. The van der Waals surface area contributed by atoms with E-state index in [0.29, 0.717) is 12.5 Å². The van der Waals surface area contributed by atoms with Crippen LogP contribution in [-0.2, 0) is 6.54 Å². The number of aryl methyl sites for hydroxylation is 1. The highest BCUT2D eigenvalue weighted by atomic mass is 15.1. The van der Waals surface area contributed by atoms with Gasteiger partial charge in [-0.05, 0) is 30.7 Å². The summed E-state index contributed by atoms with van der Waals surface area (Å²) in [6.07, 6.45) is 3.60. The van der Waals surface area contributed by atoms with Crippen LogP contribution < -0.4 is 10.6 Å². The fraction of sp³-hybridized carbons (Fsp3) is 0.118. The third-order valence-corrected chi connectivity index (χ3v) is 3.08. The molecule has 110 valence electrons. The van der Waals surface area contributed by atoms with Gasteiger partial charge in [0.2, 0.25) is 5.95 Å². The molecule has 3 rings (SSSR count). The van der Waals surface area contributed by atoms with Crippen LogP contribution in [0.3, 0.4) is 0 Å². The molecule has 2 N–H and O–H groups in total. The summed E-state index contributed by atoms with van der Waals surface area (Å²) in [6, 6.07) is 15.7. The number of aromatic nitrogens is 3. The highest BCUT2D eigenvalue weighted by Crippen LogP contribution is 2.15. The molecule has 5 heteroatoms. The molecule has 5 nitrogen and oxygen atoms in total. The molecule has 0 saturated carbocycles. The predicted molar refractivity (Wildman–Crippen MR) is 88.1 cm³/mol. The number of pyridine rings is 1. The first-order valence-corrected chi connectivity index (χ1v) is 7.10. The average molecular weight is 291 g/mol. The van der Waals surface area contributed by atoms with Gasteiger partial charge >= 0.3 is 0 Å². The summed E-state index contributed by atoms with van der Waals surface area (Å²) in [5, 5.41) is 6.51. The number of benzene rings is 1. The smallest absolute Gasteiger partial charge is 0.229 e. The van der Waals surface area contributed by atoms with Gasteiger partial charge in [0, 0.05) is 36.4 Å². The molecule has 0 bridgehead atoms. The normalized spacial score (nSPS) is 10.2. The summed E-state index contributed by atoms with van der Waals surface area (Å²) in [7, 11) is 0. The topological polar surface area (TPSA) is 62.7 Å². The van der Waals surface area contributed by atoms with Crippen LogP contribution >= 0.6 is 0 Å². The molecule has 0 unspecified atom stereocenters. The minimum Gasteiger partial charge on any atom is -0.366 e. The Balaban J connectivity index is 1.72. The minimum absolute atomic E-state index is 0.583. The van der Waals surface area contributed by atoms with Gasteiger partial charge in [0.15, 0.2) is 0 Å². The van der Waals surface area contributed by atoms with Crippen LogP contribution in [0.2, 0.25) is 0 Å². The fourth-order valence-corrected chi connectivity index (χ4v) is 2.06. The highest BCUT2D eigenvalue weighted by molar-refractivity contribution is 5.55. The van der Waals surface area contributed by atoms with Gasteiger partial charge in [0.05, 0.1) is 0 Å². The maximum atomic E-state index is 4.49. The summed E-state index contributed by atoms with van der Waals surface area (Å²) in [5.41, 5.74) is 2.98. The van der Waals surface area contributed by atoms with Crippen molar-refractivity contribution in [3.05, 3.63) is 72.2 Å². The Morgan fingerprint density at radius 3 is 2.64 bits per heavy atom. The molecule has 22 heavy (non-hydrogen) atoms. The molecule has 2 heterocycles. The van der Waals surface area contributed by atoms with Crippen LogP contribution in [0.25, 0.3) is 0 Å². The average Bonchev–Trinajstić information content (AvgIpc) is 2.54. The maximum absolute atomic E-state index is 4.49. The van der Waals surface area contributed by atoms with E-state index in [2.05, 4.69) is 25.6 Å². The molecule has 0 spiro atoms. The molecule has 0 aliphatic rings. The van der Waals surface area contributed by atoms with E-state index in [-0.39, 0.29) is 0 Å². The molecular formula is C17H17N5. The van der Waals surface area contributed by atoms with Gasteiger partial charge in [0.1, 0.15) is 5.82 Å². The van der Waals surface area contributed by atoms with Crippen LogP contribution in [0.1, 0.15) is 11.3 Å². The standard InChI is InChI=1S/C17H17N5/c1-13-10-16(19-12-14-6-5-9-18-11-14)22-17(20-13)21-15-7-3-2-4-8-15/h2-11H,12H2,1H3,(H2,19,20,21,22). The van der Waals surface area contributed by atoms with Gasteiger partial charge in [-0.1, -0.05) is 24.3 Å². The molecule has 2 aromatic heterocycles. The SMILES string of the molecule is Cc1cc(NCc2cccnc2)nc(Nc2ccccc2)n1. The Bertz CT molecular complexity index is 729.